The molecule has 0 radical (unpaired) electrons. The van der Waals surface area contributed by atoms with E-state index in [1.54, 1.807) is 19.1 Å². The number of guanidine groups is 1. The van der Waals surface area contributed by atoms with Crippen LogP contribution in [0, 0.1) is 12.7 Å². The van der Waals surface area contributed by atoms with Gasteiger partial charge in [0.2, 0.25) is 0 Å². The molecule has 1 aliphatic rings. The van der Waals surface area contributed by atoms with Crippen LogP contribution >= 0.6 is 24.0 Å². The lowest BCUT2D eigenvalue weighted by molar-refractivity contribution is 0.0322. The van der Waals surface area contributed by atoms with Gasteiger partial charge in [-0.3, -0.25) is 4.90 Å². The number of aryl methyl sites for hydroxylation is 1. The third-order valence-electron chi connectivity index (χ3n) is 5.19. The number of benzene rings is 2. The molecule has 3 rings (SSSR count). The van der Waals surface area contributed by atoms with Crippen LogP contribution in [-0.4, -0.2) is 56.9 Å². The largest absolute Gasteiger partial charge is 0.492 e. The zero-order chi connectivity index (χ0) is 21.9. The van der Waals surface area contributed by atoms with Gasteiger partial charge in [0.05, 0.1) is 19.8 Å². The van der Waals surface area contributed by atoms with Crippen molar-refractivity contribution in [2.24, 2.45) is 4.99 Å². The smallest absolute Gasteiger partial charge is 0.191 e. The van der Waals surface area contributed by atoms with E-state index >= 15 is 0 Å². The van der Waals surface area contributed by atoms with Gasteiger partial charge in [-0.2, -0.15) is 0 Å². The number of nitrogens with one attached hydrogen (secondary N) is 2. The molecule has 0 aliphatic carbocycles. The highest BCUT2D eigenvalue weighted by Crippen LogP contribution is 2.18. The van der Waals surface area contributed by atoms with Gasteiger partial charge in [0.15, 0.2) is 5.96 Å². The van der Waals surface area contributed by atoms with E-state index in [2.05, 4.69) is 26.6 Å². The third kappa shape index (κ3) is 8.55. The molecule has 32 heavy (non-hydrogen) atoms. The number of para-hydroxylation sites is 1. The molecule has 2 N–H and O–H groups in total. The van der Waals surface area contributed by atoms with E-state index < -0.39 is 0 Å². The second kappa shape index (κ2) is 14.3. The fourth-order valence-corrected chi connectivity index (χ4v) is 3.33. The van der Waals surface area contributed by atoms with Gasteiger partial charge >= 0.3 is 0 Å². The Labute approximate surface area is 207 Å². The van der Waals surface area contributed by atoms with Crippen molar-refractivity contribution in [3.05, 3.63) is 65.0 Å². The van der Waals surface area contributed by atoms with Crippen molar-refractivity contribution in [3.8, 4) is 5.75 Å². The summed E-state index contributed by atoms with van der Waals surface area (Å²) < 4.78 is 25.2. The van der Waals surface area contributed by atoms with Crippen LogP contribution in [0.1, 0.15) is 23.6 Å². The van der Waals surface area contributed by atoms with E-state index in [1.165, 1.54) is 0 Å². The number of nitrogens with zero attached hydrogens (tertiary/aromatic N) is 2. The fraction of sp³-hybridized carbons (Fsp3) is 0.458. The van der Waals surface area contributed by atoms with E-state index in [-0.39, 0.29) is 29.8 Å². The summed E-state index contributed by atoms with van der Waals surface area (Å²) in [7, 11) is 0. The van der Waals surface area contributed by atoms with Crippen molar-refractivity contribution in [2.45, 2.75) is 26.9 Å². The van der Waals surface area contributed by atoms with E-state index in [9.17, 15) is 4.39 Å². The van der Waals surface area contributed by atoms with Crippen LogP contribution in [0.4, 0.5) is 4.39 Å². The Morgan fingerprint density at radius 2 is 1.94 bits per heavy atom. The zero-order valence-electron chi connectivity index (χ0n) is 18.9. The minimum Gasteiger partial charge on any atom is -0.492 e. The number of hydrogen-bond donors (Lipinski definition) is 2. The summed E-state index contributed by atoms with van der Waals surface area (Å²) >= 11 is 0. The van der Waals surface area contributed by atoms with E-state index in [4.69, 9.17) is 9.47 Å². The third-order valence-corrected chi connectivity index (χ3v) is 5.19. The quantitative estimate of drug-likeness (QED) is 0.280. The van der Waals surface area contributed by atoms with Gasteiger partial charge in [-0.1, -0.05) is 30.3 Å². The standard InChI is InChI=1S/C24H33FN4O2.HI/c1-3-26-24(27-17-20-9-8-19(2)22(25)16-20)28-18-21-6-4-5-7-23(21)31-15-12-29-10-13-30-14-11-29;/h4-9,16H,3,10-15,17-18H2,1-2H3,(H2,26,27,28);1H. The average molecular weight is 556 g/mol. The predicted molar refractivity (Wildman–Crippen MR) is 137 cm³/mol. The van der Waals surface area contributed by atoms with Crippen LogP contribution in [0.5, 0.6) is 5.75 Å². The van der Waals surface area contributed by atoms with Gasteiger partial charge < -0.3 is 20.1 Å². The van der Waals surface area contributed by atoms with Crippen molar-refractivity contribution < 1.29 is 13.9 Å². The molecule has 1 aliphatic heterocycles. The number of aliphatic imine (C=N–C) groups is 1. The Morgan fingerprint density at radius 3 is 2.69 bits per heavy atom. The first-order valence-electron chi connectivity index (χ1n) is 10.9. The van der Waals surface area contributed by atoms with Crippen LogP contribution < -0.4 is 15.4 Å². The van der Waals surface area contributed by atoms with Crippen molar-refractivity contribution in [1.29, 1.82) is 0 Å². The molecular weight excluding hydrogens is 522 g/mol. The molecule has 176 valence electrons. The number of morpholine rings is 1. The van der Waals surface area contributed by atoms with E-state index in [1.807, 2.05) is 31.2 Å². The monoisotopic (exact) mass is 556 g/mol. The molecule has 0 bridgehead atoms. The zero-order valence-corrected chi connectivity index (χ0v) is 21.2. The Bertz CT molecular complexity index is 860. The first-order chi connectivity index (χ1) is 15.2. The summed E-state index contributed by atoms with van der Waals surface area (Å²) in [5.74, 6) is 1.36. The average Bonchev–Trinajstić information content (AvgIpc) is 2.79. The highest BCUT2D eigenvalue weighted by atomic mass is 127. The minimum atomic E-state index is -0.200. The summed E-state index contributed by atoms with van der Waals surface area (Å²) in [4.78, 5) is 6.95. The van der Waals surface area contributed by atoms with Crippen LogP contribution in [-0.2, 0) is 17.8 Å². The Hall–Kier alpha value is -1.91. The van der Waals surface area contributed by atoms with Gasteiger partial charge in [-0.05, 0) is 37.1 Å². The SMILES string of the molecule is CCNC(=NCc1ccc(C)c(F)c1)NCc1ccccc1OCCN1CCOCC1.I. The van der Waals surface area contributed by atoms with E-state index in [0.717, 1.165) is 56.3 Å². The molecule has 8 heteroatoms. The van der Waals surface area contributed by atoms with Gasteiger partial charge in [-0.15, -0.1) is 24.0 Å². The molecule has 2 aromatic rings. The van der Waals surface area contributed by atoms with E-state index in [0.29, 0.717) is 31.2 Å². The Morgan fingerprint density at radius 1 is 1.16 bits per heavy atom. The molecule has 0 amide bonds. The van der Waals surface area contributed by atoms with Crippen molar-refractivity contribution in [1.82, 2.24) is 15.5 Å². The molecule has 6 nitrogen and oxygen atoms in total. The number of halogens is 2. The summed E-state index contributed by atoms with van der Waals surface area (Å²) in [6, 6.07) is 13.3. The molecule has 0 atom stereocenters. The fourth-order valence-electron chi connectivity index (χ4n) is 3.33. The normalized spacial score (nSPS) is 14.5. The molecule has 1 saturated heterocycles. The van der Waals surface area contributed by atoms with Crippen LogP contribution in [0.3, 0.4) is 0 Å². The summed E-state index contributed by atoms with van der Waals surface area (Å²) in [5, 5.41) is 6.59. The summed E-state index contributed by atoms with van der Waals surface area (Å²) in [5.41, 5.74) is 2.55. The predicted octanol–water partition coefficient (Wildman–Crippen LogP) is 3.72. The van der Waals surface area contributed by atoms with Crippen LogP contribution in [0.15, 0.2) is 47.5 Å². The Balaban J connectivity index is 0.00000363. The van der Waals surface area contributed by atoms with Crippen molar-refractivity contribution >= 4 is 29.9 Å². The molecule has 2 aromatic carbocycles. The summed E-state index contributed by atoms with van der Waals surface area (Å²) in [6.45, 7) is 10.6. The number of ether oxygens (including phenoxy) is 2. The van der Waals surface area contributed by atoms with Crippen molar-refractivity contribution in [2.75, 3.05) is 46.0 Å². The maximum Gasteiger partial charge on any atom is 0.191 e. The highest BCUT2D eigenvalue weighted by Gasteiger charge is 2.11. The van der Waals surface area contributed by atoms with Gasteiger partial charge in [0, 0.05) is 38.3 Å². The lowest BCUT2D eigenvalue weighted by atomic mass is 10.1. The lowest BCUT2D eigenvalue weighted by Crippen LogP contribution is -2.38. The highest BCUT2D eigenvalue weighted by molar-refractivity contribution is 14.0. The first-order valence-corrected chi connectivity index (χ1v) is 10.9. The first kappa shape index (κ1) is 26.3. The topological polar surface area (TPSA) is 58.1 Å². The maximum atomic E-state index is 13.8. The van der Waals surface area contributed by atoms with Crippen LogP contribution in [0.2, 0.25) is 0 Å². The van der Waals surface area contributed by atoms with Gasteiger partial charge in [0.25, 0.3) is 0 Å². The lowest BCUT2D eigenvalue weighted by Gasteiger charge is -2.26. The molecule has 0 unspecified atom stereocenters. The summed E-state index contributed by atoms with van der Waals surface area (Å²) in [6.07, 6.45) is 0. The molecule has 0 spiro atoms. The Kier molecular flexibility index (Phi) is 11.8. The molecule has 1 heterocycles. The molecular formula is C24H34FIN4O2. The molecule has 1 fully saturated rings. The van der Waals surface area contributed by atoms with Crippen molar-refractivity contribution in [3.63, 3.8) is 0 Å². The van der Waals surface area contributed by atoms with Crippen LogP contribution in [0.25, 0.3) is 0 Å². The number of rotatable bonds is 9. The minimum absolute atomic E-state index is 0. The second-order valence-electron chi connectivity index (χ2n) is 7.54. The second-order valence-corrected chi connectivity index (χ2v) is 7.54. The maximum absolute atomic E-state index is 13.8. The molecule has 0 aromatic heterocycles. The van der Waals surface area contributed by atoms with Gasteiger partial charge in [-0.25, -0.2) is 9.38 Å². The number of hydrogen-bond acceptors (Lipinski definition) is 4. The molecule has 0 saturated carbocycles. The van der Waals surface area contributed by atoms with Gasteiger partial charge in [0.1, 0.15) is 18.2 Å².